The van der Waals surface area contributed by atoms with Crippen molar-refractivity contribution in [2.45, 2.75) is 148 Å². The summed E-state index contributed by atoms with van der Waals surface area (Å²) in [6.07, 6.45) is 25.9. The molecule has 1 unspecified atom stereocenters. The van der Waals surface area contributed by atoms with Gasteiger partial charge in [0.15, 0.2) is 0 Å². The van der Waals surface area contributed by atoms with Crippen molar-refractivity contribution in [3.05, 3.63) is 18.8 Å². The van der Waals surface area contributed by atoms with E-state index in [1.807, 2.05) is 20.8 Å². The van der Waals surface area contributed by atoms with Gasteiger partial charge >= 0.3 is 0 Å². The molecule has 0 aliphatic carbocycles. The van der Waals surface area contributed by atoms with Crippen LogP contribution in [-0.4, -0.2) is 24.2 Å². The zero-order valence-electron chi connectivity index (χ0n) is 23.2. The van der Waals surface area contributed by atoms with Crippen LogP contribution in [0.4, 0.5) is 0 Å². The van der Waals surface area contributed by atoms with Gasteiger partial charge in [0.05, 0.1) is 14.0 Å². The summed E-state index contributed by atoms with van der Waals surface area (Å²) in [6, 6.07) is 0. The molecule has 0 saturated heterocycles. The first-order valence-corrected chi connectivity index (χ1v) is 16.0. The highest BCUT2D eigenvalue weighted by atomic mass is 31.2. The Balaban J connectivity index is 3.37. The normalized spacial score (nSPS) is 13.9. The van der Waals surface area contributed by atoms with Crippen molar-refractivity contribution in [1.29, 1.82) is 0 Å². The standard InChI is InChI=1S/C29H57NO3P/c1-6-7-8-9-10-11-12-13-14-15-16-17-18-19-22-25-28(31)30-26-23-20-21-24-27-33-34(5,32)29(2,3)4/h13-14H,5-12,15-27H2,1-4H3,(H,30,31)/q-1/b14-13-. The van der Waals surface area contributed by atoms with Gasteiger partial charge in [-0.25, -0.2) is 0 Å². The molecule has 0 heterocycles. The van der Waals surface area contributed by atoms with E-state index in [0.29, 0.717) is 13.0 Å². The van der Waals surface area contributed by atoms with Crippen LogP contribution in [-0.2, 0) is 13.9 Å². The van der Waals surface area contributed by atoms with E-state index in [1.165, 1.54) is 70.6 Å². The predicted octanol–water partition coefficient (Wildman–Crippen LogP) is 9.59. The van der Waals surface area contributed by atoms with Gasteiger partial charge in [0.1, 0.15) is 0 Å². The highest BCUT2D eigenvalue weighted by Crippen LogP contribution is 2.57. The van der Waals surface area contributed by atoms with Crippen molar-refractivity contribution >= 4 is 13.3 Å². The smallest absolute Gasteiger partial charge is 0.219 e. The molecule has 5 heteroatoms. The molecule has 0 fully saturated rings. The lowest BCUT2D eigenvalue weighted by Crippen LogP contribution is -2.23. The first-order chi connectivity index (χ1) is 16.2. The van der Waals surface area contributed by atoms with E-state index in [2.05, 4.69) is 31.1 Å². The molecule has 202 valence electrons. The molecule has 0 aliphatic heterocycles. The minimum absolute atomic E-state index is 0.184. The topological polar surface area (TPSA) is 55.4 Å². The third-order valence-electron chi connectivity index (χ3n) is 6.38. The molecule has 1 atom stereocenters. The molecular formula is C29H57NO3P-. The Morgan fingerprint density at radius 2 is 1.29 bits per heavy atom. The second-order valence-electron chi connectivity index (χ2n) is 10.8. The SMILES string of the molecule is [CH2-]P(=O)(OCCCCCCNC(=O)CCCCCCC/C=C\CCCCCCCC)C(C)(C)C. The van der Waals surface area contributed by atoms with E-state index in [9.17, 15) is 9.36 Å². The van der Waals surface area contributed by atoms with Crippen LogP contribution in [0.25, 0.3) is 0 Å². The fourth-order valence-corrected chi connectivity index (χ4v) is 4.47. The molecule has 0 spiro atoms. The second kappa shape index (κ2) is 21.7. The Labute approximate surface area is 212 Å². The van der Waals surface area contributed by atoms with Gasteiger partial charge in [-0.15, -0.1) is 0 Å². The lowest BCUT2D eigenvalue weighted by molar-refractivity contribution is -0.121. The number of hydrogen-bond donors (Lipinski definition) is 1. The second-order valence-corrected chi connectivity index (χ2v) is 13.7. The number of allylic oxidation sites excluding steroid dienone is 2. The van der Waals surface area contributed by atoms with Crippen LogP contribution in [0.5, 0.6) is 0 Å². The quantitative estimate of drug-likeness (QED) is 0.0660. The summed E-state index contributed by atoms with van der Waals surface area (Å²) in [7, 11) is -2.79. The van der Waals surface area contributed by atoms with Crippen molar-refractivity contribution in [3.63, 3.8) is 0 Å². The van der Waals surface area contributed by atoms with E-state index in [0.717, 1.165) is 45.1 Å². The van der Waals surface area contributed by atoms with Gasteiger partial charge in [-0.2, -0.15) is 0 Å². The molecule has 0 saturated carbocycles. The van der Waals surface area contributed by atoms with Crippen molar-refractivity contribution in [2.75, 3.05) is 13.2 Å². The van der Waals surface area contributed by atoms with E-state index >= 15 is 0 Å². The third-order valence-corrected chi connectivity index (χ3v) is 9.02. The van der Waals surface area contributed by atoms with Crippen LogP contribution in [0.2, 0.25) is 0 Å². The van der Waals surface area contributed by atoms with Crippen molar-refractivity contribution in [3.8, 4) is 0 Å². The Bertz CT molecular complexity index is 554. The van der Waals surface area contributed by atoms with Gasteiger partial charge < -0.3 is 14.4 Å². The van der Waals surface area contributed by atoms with Gasteiger partial charge in [0.2, 0.25) is 5.91 Å². The van der Waals surface area contributed by atoms with Crippen LogP contribution in [0.15, 0.2) is 12.2 Å². The van der Waals surface area contributed by atoms with Crippen LogP contribution in [0.3, 0.4) is 0 Å². The van der Waals surface area contributed by atoms with Gasteiger partial charge in [-0.1, -0.05) is 104 Å². The molecule has 0 aliphatic rings. The largest absolute Gasteiger partial charge is 0.356 e. The van der Waals surface area contributed by atoms with Gasteiger partial charge in [-0.3, -0.25) is 11.5 Å². The third kappa shape index (κ3) is 20.7. The number of unbranched alkanes of at least 4 members (excludes halogenated alkanes) is 14. The highest BCUT2D eigenvalue weighted by Gasteiger charge is 2.25. The van der Waals surface area contributed by atoms with E-state index in [1.54, 1.807) is 0 Å². The average Bonchev–Trinajstić information content (AvgIpc) is 2.77. The highest BCUT2D eigenvalue weighted by molar-refractivity contribution is 7.61. The monoisotopic (exact) mass is 498 g/mol. The Morgan fingerprint density at radius 1 is 0.794 bits per heavy atom. The number of nitrogens with one attached hydrogen (secondary N) is 1. The molecule has 34 heavy (non-hydrogen) atoms. The van der Waals surface area contributed by atoms with Gasteiger partial charge in [-0.05, 0) is 44.9 Å². The molecule has 0 aromatic carbocycles. The molecular weight excluding hydrogens is 441 g/mol. The minimum atomic E-state index is -2.79. The van der Waals surface area contributed by atoms with Crippen LogP contribution in [0.1, 0.15) is 143 Å². The van der Waals surface area contributed by atoms with E-state index in [4.69, 9.17) is 4.52 Å². The Kier molecular flexibility index (Phi) is 21.3. The maximum absolute atomic E-state index is 12.3. The van der Waals surface area contributed by atoms with Gasteiger partial charge in [0.25, 0.3) is 0 Å². The maximum Gasteiger partial charge on any atom is 0.219 e. The molecule has 4 nitrogen and oxygen atoms in total. The van der Waals surface area contributed by atoms with Gasteiger partial charge in [0, 0.05) is 18.1 Å². The fourth-order valence-electron chi connectivity index (χ4n) is 3.66. The van der Waals surface area contributed by atoms with Crippen molar-refractivity contribution in [2.24, 2.45) is 0 Å². The summed E-state index contributed by atoms with van der Waals surface area (Å²) in [4.78, 5) is 11.9. The summed E-state index contributed by atoms with van der Waals surface area (Å²) < 4.78 is 17.8. The molecule has 0 radical (unpaired) electrons. The Hall–Kier alpha value is -0.600. The molecule has 0 aromatic heterocycles. The molecule has 1 N–H and O–H groups in total. The summed E-state index contributed by atoms with van der Waals surface area (Å²) >= 11 is 0. The maximum atomic E-state index is 12.3. The molecule has 0 rings (SSSR count). The van der Waals surface area contributed by atoms with Crippen LogP contribution in [0, 0.1) is 6.66 Å². The number of carbonyl (C=O) groups excluding carboxylic acids is 1. The first kappa shape index (κ1) is 33.4. The van der Waals surface area contributed by atoms with Crippen molar-refractivity contribution < 1.29 is 13.9 Å². The first-order valence-electron chi connectivity index (χ1n) is 14.2. The van der Waals surface area contributed by atoms with E-state index in [-0.39, 0.29) is 5.91 Å². The van der Waals surface area contributed by atoms with E-state index < -0.39 is 12.5 Å². The lowest BCUT2D eigenvalue weighted by atomic mass is 10.1. The molecule has 1 amide bonds. The van der Waals surface area contributed by atoms with Crippen molar-refractivity contribution in [1.82, 2.24) is 5.32 Å². The minimum Gasteiger partial charge on any atom is -0.356 e. The zero-order chi connectivity index (χ0) is 25.5. The average molecular weight is 499 g/mol. The summed E-state index contributed by atoms with van der Waals surface area (Å²) in [6.45, 7) is 13.0. The zero-order valence-corrected chi connectivity index (χ0v) is 24.1. The van der Waals surface area contributed by atoms with Crippen LogP contribution < -0.4 is 5.32 Å². The van der Waals surface area contributed by atoms with Crippen LogP contribution >= 0.6 is 7.37 Å². The lowest BCUT2D eigenvalue weighted by Gasteiger charge is -2.33. The number of carbonyl (C=O) groups is 1. The fraction of sp³-hybridized carbons (Fsp3) is 0.862. The summed E-state index contributed by atoms with van der Waals surface area (Å²) in [5.41, 5.74) is 0. The predicted molar refractivity (Wildman–Crippen MR) is 150 cm³/mol. The Morgan fingerprint density at radius 3 is 1.88 bits per heavy atom. The number of hydrogen-bond acceptors (Lipinski definition) is 3. The molecule has 0 aromatic rings. The summed E-state index contributed by atoms with van der Waals surface area (Å²) in [5, 5.41) is 2.63. The molecule has 0 bridgehead atoms. The number of amides is 1. The summed E-state index contributed by atoms with van der Waals surface area (Å²) in [5.74, 6) is 0.184. The number of rotatable bonds is 23.